The van der Waals surface area contributed by atoms with Crippen LogP contribution in [0.4, 0.5) is 5.69 Å². The lowest BCUT2D eigenvalue weighted by Gasteiger charge is -2.23. The molecule has 16 heavy (non-hydrogen) atoms. The van der Waals surface area contributed by atoms with Gasteiger partial charge in [-0.05, 0) is 31.5 Å². The molecule has 1 aromatic rings. The average molecular weight is 220 g/mol. The maximum absolute atomic E-state index is 11.9. The molecule has 0 bridgehead atoms. The number of rotatable bonds is 5. The van der Waals surface area contributed by atoms with Crippen molar-refractivity contribution in [2.24, 2.45) is 5.73 Å². The number of hydrogen-bond acceptors (Lipinski definition) is 2. The number of amides is 1. The Balaban J connectivity index is 2.92. The number of anilines is 1. The highest BCUT2D eigenvalue weighted by molar-refractivity contribution is 5.93. The van der Waals surface area contributed by atoms with Gasteiger partial charge >= 0.3 is 0 Å². The second kappa shape index (κ2) is 6.28. The first-order valence-corrected chi connectivity index (χ1v) is 5.76. The van der Waals surface area contributed by atoms with E-state index in [1.165, 1.54) is 0 Å². The zero-order valence-electron chi connectivity index (χ0n) is 10.1. The van der Waals surface area contributed by atoms with Gasteiger partial charge in [0.1, 0.15) is 0 Å². The Morgan fingerprint density at radius 2 is 2.06 bits per heavy atom. The van der Waals surface area contributed by atoms with Crippen LogP contribution in [-0.2, 0) is 4.79 Å². The van der Waals surface area contributed by atoms with Crippen LogP contribution in [0.1, 0.15) is 25.3 Å². The van der Waals surface area contributed by atoms with Gasteiger partial charge in [-0.1, -0.05) is 25.1 Å². The summed E-state index contributed by atoms with van der Waals surface area (Å²) in [5.41, 5.74) is 7.63. The Labute approximate surface area is 97.2 Å². The molecule has 0 atom stereocenters. The third-order valence-corrected chi connectivity index (χ3v) is 2.60. The summed E-state index contributed by atoms with van der Waals surface area (Å²) in [4.78, 5) is 13.7. The Morgan fingerprint density at radius 1 is 1.38 bits per heavy atom. The SMILES string of the molecule is CCC(=O)N(CCCN)c1ccccc1C. The van der Waals surface area contributed by atoms with Gasteiger partial charge in [0.15, 0.2) is 0 Å². The number of carbonyl (C=O) groups is 1. The monoisotopic (exact) mass is 220 g/mol. The third-order valence-electron chi connectivity index (χ3n) is 2.60. The van der Waals surface area contributed by atoms with Gasteiger partial charge in [0.25, 0.3) is 0 Å². The first kappa shape index (κ1) is 12.7. The molecule has 0 aliphatic carbocycles. The van der Waals surface area contributed by atoms with E-state index in [0.29, 0.717) is 19.5 Å². The lowest BCUT2D eigenvalue weighted by molar-refractivity contribution is -0.118. The summed E-state index contributed by atoms with van der Waals surface area (Å²) in [7, 11) is 0. The van der Waals surface area contributed by atoms with Crippen LogP contribution < -0.4 is 10.6 Å². The molecule has 1 aromatic carbocycles. The number of nitrogens with two attached hydrogens (primary N) is 1. The van der Waals surface area contributed by atoms with Gasteiger partial charge in [-0.3, -0.25) is 4.79 Å². The maximum Gasteiger partial charge on any atom is 0.226 e. The van der Waals surface area contributed by atoms with Gasteiger partial charge in [-0.15, -0.1) is 0 Å². The van der Waals surface area contributed by atoms with Crippen molar-refractivity contribution in [3.63, 3.8) is 0 Å². The van der Waals surface area contributed by atoms with Crippen molar-refractivity contribution in [1.29, 1.82) is 0 Å². The van der Waals surface area contributed by atoms with E-state index in [2.05, 4.69) is 0 Å². The summed E-state index contributed by atoms with van der Waals surface area (Å²) < 4.78 is 0. The van der Waals surface area contributed by atoms with Gasteiger partial charge in [0, 0.05) is 18.7 Å². The van der Waals surface area contributed by atoms with Crippen molar-refractivity contribution in [2.75, 3.05) is 18.0 Å². The molecule has 0 saturated carbocycles. The van der Waals surface area contributed by atoms with Crippen LogP contribution >= 0.6 is 0 Å². The molecule has 0 heterocycles. The number of hydrogen-bond donors (Lipinski definition) is 1. The average Bonchev–Trinajstić information content (AvgIpc) is 2.31. The van der Waals surface area contributed by atoms with Crippen LogP contribution in [0.15, 0.2) is 24.3 Å². The lowest BCUT2D eigenvalue weighted by Crippen LogP contribution is -2.32. The number of benzene rings is 1. The minimum Gasteiger partial charge on any atom is -0.330 e. The molecule has 0 aromatic heterocycles. The van der Waals surface area contributed by atoms with Crippen LogP contribution in [0.3, 0.4) is 0 Å². The van der Waals surface area contributed by atoms with Crippen LogP contribution in [0, 0.1) is 6.92 Å². The normalized spacial score (nSPS) is 10.2. The highest BCUT2D eigenvalue weighted by Gasteiger charge is 2.14. The van der Waals surface area contributed by atoms with Crippen LogP contribution in [0.5, 0.6) is 0 Å². The number of nitrogens with zero attached hydrogens (tertiary/aromatic N) is 1. The van der Waals surface area contributed by atoms with E-state index in [1.807, 2.05) is 43.0 Å². The number of carbonyl (C=O) groups excluding carboxylic acids is 1. The standard InChI is InChI=1S/C13H20N2O/c1-3-13(16)15(10-6-9-14)12-8-5-4-7-11(12)2/h4-5,7-8H,3,6,9-10,14H2,1-2H3. The first-order valence-electron chi connectivity index (χ1n) is 5.76. The highest BCUT2D eigenvalue weighted by atomic mass is 16.2. The smallest absolute Gasteiger partial charge is 0.226 e. The van der Waals surface area contributed by atoms with E-state index < -0.39 is 0 Å². The summed E-state index contributed by atoms with van der Waals surface area (Å²) in [6, 6.07) is 7.95. The van der Waals surface area contributed by atoms with Gasteiger partial charge in [0.2, 0.25) is 5.91 Å². The fourth-order valence-corrected chi connectivity index (χ4v) is 1.69. The molecule has 2 N–H and O–H groups in total. The molecule has 0 radical (unpaired) electrons. The molecular formula is C13H20N2O. The highest BCUT2D eigenvalue weighted by Crippen LogP contribution is 2.20. The Bertz CT molecular complexity index is 350. The fourth-order valence-electron chi connectivity index (χ4n) is 1.69. The second-order valence-electron chi connectivity index (χ2n) is 3.83. The van der Waals surface area contributed by atoms with E-state index in [9.17, 15) is 4.79 Å². The topological polar surface area (TPSA) is 46.3 Å². The van der Waals surface area contributed by atoms with Crippen LogP contribution in [-0.4, -0.2) is 19.0 Å². The van der Waals surface area contributed by atoms with Crippen molar-refractivity contribution in [3.05, 3.63) is 29.8 Å². The molecule has 1 rings (SSSR count). The summed E-state index contributed by atoms with van der Waals surface area (Å²) in [6.45, 7) is 5.22. The Kier molecular flexibility index (Phi) is 4.99. The Hall–Kier alpha value is -1.35. The van der Waals surface area contributed by atoms with E-state index in [0.717, 1.165) is 17.7 Å². The van der Waals surface area contributed by atoms with Crippen LogP contribution in [0.25, 0.3) is 0 Å². The minimum atomic E-state index is 0.155. The van der Waals surface area contributed by atoms with Gasteiger partial charge in [0.05, 0.1) is 0 Å². The molecule has 1 amide bonds. The van der Waals surface area contributed by atoms with Crippen molar-refractivity contribution in [3.8, 4) is 0 Å². The van der Waals surface area contributed by atoms with Crippen LogP contribution in [0.2, 0.25) is 0 Å². The molecular weight excluding hydrogens is 200 g/mol. The largest absolute Gasteiger partial charge is 0.330 e. The lowest BCUT2D eigenvalue weighted by atomic mass is 10.1. The third kappa shape index (κ3) is 3.07. The van der Waals surface area contributed by atoms with Gasteiger partial charge in [-0.2, -0.15) is 0 Å². The molecule has 0 saturated heterocycles. The number of para-hydroxylation sites is 1. The summed E-state index contributed by atoms with van der Waals surface area (Å²) in [5, 5.41) is 0. The van der Waals surface area contributed by atoms with E-state index in [4.69, 9.17) is 5.73 Å². The fraction of sp³-hybridized carbons (Fsp3) is 0.462. The first-order chi connectivity index (χ1) is 7.70. The predicted octanol–water partition coefficient (Wildman–Crippen LogP) is 2.09. The molecule has 88 valence electrons. The van der Waals surface area contributed by atoms with E-state index in [1.54, 1.807) is 0 Å². The summed E-state index contributed by atoms with van der Waals surface area (Å²) in [6.07, 6.45) is 1.36. The zero-order valence-corrected chi connectivity index (χ0v) is 10.1. The van der Waals surface area contributed by atoms with Crippen molar-refractivity contribution in [1.82, 2.24) is 0 Å². The maximum atomic E-state index is 11.9. The van der Waals surface area contributed by atoms with Crippen molar-refractivity contribution >= 4 is 11.6 Å². The zero-order chi connectivity index (χ0) is 12.0. The molecule has 3 nitrogen and oxygen atoms in total. The molecule has 0 aliphatic heterocycles. The molecule has 0 aliphatic rings. The Morgan fingerprint density at radius 3 is 2.62 bits per heavy atom. The molecule has 0 spiro atoms. The second-order valence-corrected chi connectivity index (χ2v) is 3.83. The molecule has 0 fully saturated rings. The molecule has 0 unspecified atom stereocenters. The summed E-state index contributed by atoms with van der Waals surface area (Å²) in [5.74, 6) is 0.155. The minimum absolute atomic E-state index is 0.155. The molecule has 3 heteroatoms. The van der Waals surface area contributed by atoms with Gasteiger partial charge in [-0.25, -0.2) is 0 Å². The van der Waals surface area contributed by atoms with Crippen molar-refractivity contribution in [2.45, 2.75) is 26.7 Å². The quantitative estimate of drug-likeness (QED) is 0.826. The summed E-state index contributed by atoms with van der Waals surface area (Å²) >= 11 is 0. The number of aryl methyl sites for hydroxylation is 1. The predicted molar refractivity (Wildman–Crippen MR) is 67.5 cm³/mol. The van der Waals surface area contributed by atoms with E-state index >= 15 is 0 Å². The van der Waals surface area contributed by atoms with Gasteiger partial charge < -0.3 is 10.6 Å². The van der Waals surface area contributed by atoms with Crippen molar-refractivity contribution < 1.29 is 4.79 Å². The van der Waals surface area contributed by atoms with E-state index in [-0.39, 0.29) is 5.91 Å².